The van der Waals surface area contributed by atoms with Gasteiger partial charge in [-0.2, -0.15) is 0 Å². The molecular weight excluding hydrogens is 282 g/mol. The minimum absolute atomic E-state index is 0.0865. The van der Waals surface area contributed by atoms with Crippen LogP contribution in [0.15, 0.2) is 72.8 Å². The Balaban J connectivity index is 1.78. The number of nitrogens with one attached hydrogen (secondary N) is 1. The van der Waals surface area contributed by atoms with Gasteiger partial charge in [0.05, 0.1) is 0 Å². The highest BCUT2D eigenvalue weighted by atomic mass is 16.1. The Morgan fingerprint density at radius 2 is 1.43 bits per heavy atom. The Morgan fingerprint density at radius 3 is 2.09 bits per heavy atom. The lowest BCUT2D eigenvalue weighted by atomic mass is 10.0. The summed E-state index contributed by atoms with van der Waals surface area (Å²) >= 11 is 0. The first kappa shape index (κ1) is 15.0. The smallest absolute Gasteiger partial charge is 0.255 e. The summed E-state index contributed by atoms with van der Waals surface area (Å²) in [7, 11) is 0. The molecule has 2 heteroatoms. The normalized spacial score (nSPS) is 10.3. The highest BCUT2D eigenvalue weighted by Gasteiger charge is 2.08. The lowest BCUT2D eigenvalue weighted by Gasteiger charge is -2.10. The maximum absolute atomic E-state index is 12.4. The molecule has 0 unspecified atom stereocenters. The van der Waals surface area contributed by atoms with Gasteiger partial charge < -0.3 is 5.32 Å². The van der Waals surface area contributed by atoms with Gasteiger partial charge in [-0.15, -0.1) is 0 Å². The topological polar surface area (TPSA) is 29.1 Å². The van der Waals surface area contributed by atoms with Crippen molar-refractivity contribution in [1.82, 2.24) is 0 Å². The molecule has 3 aromatic rings. The van der Waals surface area contributed by atoms with Crippen molar-refractivity contribution in [2.75, 3.05) is 5.32 Å². The molecule has 0 radical (unpaired) electrons. The monoisotopic (exact) mass is 301 g/mol. The van der Waals surface area contributed by atoms with Crippen LogP contribution in [0.25, 0.3) is 11.1 Å². The van der Waals surface area contributed by atoms with Gasteiger partial charge in [-0.25, -0.2) is 0 Å². The third-order valence-electron chi connectivity index (χ3n) is 3.88. The van der Waals surface area contributed by atoms with E-state index in [0.717, 1.165) is 22.4 Å². The van der Waals surface area contributed by atoms with Crippen molar-refractivity contribution in [3.05, 3.63) is 89.5 Å². The summed E-state index contributed by atoms with van der Waals surface area (Å²) in [6, 6.07) is 23.8. The molecule has 23 heavy (non-hydrogen) atoms. The Labute approximate surface area is 136 Å². The number of carbonyl (C=O) groups excluding carboxylic acids is 1. The van der Waals surface area contributed by atoms with Crippen LogP contribution in [-0.4, -0.2) is 5.91 Å². The number of benzene rings is 3. The lowest BCUT2D eigenvalue weighted by Crippen LogP contribution is -2.12. The second kappa shape index (κ2) is 6.49. The van der Waals surface area contributed by atoms with Gasteiger partial charge in [0.25, 0.3) is 5.91 Å². The zero-order valence-electron chi connectivity index (χ0n) is 13.3. The Hall–Kier alpha value is -2.87. The fraction of sp³-hybridized carbons (Fsp3) is 0.0952. The third kappa shape index (κ3) is 3.49. The van der Waals surface area contributed by atoms with E-state index in [1.165, 1.54) is 5.56 Å². The van der Waals surface area contributed by atoms with Crippen molar-refractivity contribution in [1.29, 1.82) is 0 Å². The van der Waals surface area contributed by atoms with Crippen molar-refractivity contribution in [2.24, 2.45) is 0 Å². The molecule has 0 aliphatic carbocycles. The summed E-state index contributed by atoms with van der Waals surface area (Å²) in [6.45, 7) is 4.04. The average molecular weight is 301 g/mol. The van der Waals surface area contributed by atoms with Gasteiger partial charge in [-0.1, -0.05) is 60.2 Å². The first-order valence-corrected chi connectivity index (χ1v) is 7.67. The van der Waals surface area contributed by atoms with Crippen LogP contribution in [0.4, 0.5) is 5.69 Å². The summed E-state index contributed by atoms with van der Waals surface area (Å²) in [5, 5.41) is 2.97. The van der Waals surface area contributed by atoms with E-state index in [9.17, 15) is 4.79 Å². The summed E-state index contributed by atoms with van der Waals surface area (Å²) in [5.74, 6) is -0.0865. The molecule has 0 aliphatic heterocycles. The van der Waals surface area contributed by atoms with Gasteiger partial charge in [0.2, 0.25) is 0 Å². The van der Waals surface area contributed by atoms with E-state index in [-0.39, 0.29) is 5.91 Å². The second-order valence-electron chi connectivity index (χ2n) is 5.72. The van der Waals surface area contributed by atoms with E-state index in [2.05, 4.69) is 23.5 Å². The van der Waals surface area contributed by atoms with Crippen molar-refractivity contribution in [3.63, 3.8) is 0 Å². The van der Waals surface area contributed by atoms with Gasteiger partial charge in [-0.05, 0) is 48.7 Å². The van der Waals surface area contributed by atoms with Crippen molar-refractivity contribution in [2.45, 2.75) is 13.8 Å². The van der Waals surface area contributed by atoms with E-state index in [1.807, 2.05) is 68.4 Å². The van der Waals surface area contributed by atoms with Crippen LogP contribution in [0.5, 0.6) is 0 Å². The second-order valence-corrected chi connectivity index (χ2v) is 5.72. The van der Waals surface area contributed by atoms with Crippen LogP contribution >= 0.6 is 0 Å². The van der Waals surface area contributed by atoms with E-state index in [0.29, 0.717) is 5.56 Å². The molecule has 1 amide bonds. The van der Waals surface area contributed by atoms with E-state index >= 15 is 0 Å². The first-order chi connectivity index (χ1) is 11.1. The number of anilines is 1. The number of aryl methyl sites for hydroxylation is 2. The summed E-state index contributed by atoms with van der Waals surface area (Å²) in [6.07, 6.45) is 0. The van der Waals surface area contributed by atoms with Gasteiger partial charge in [0.1, 0.15) is 0 Å². The molecule has 0 atom stereocenters. The highest BCUT2D eigenvalue weighted by molar-refractivity contribution is 6.04. The molecule has 0 heterocycles. The van der Waals surface area contributed by atoms with Gasteiger partial charge >= 0.3 is 0 Å². The van der Waals surface area contributed by atoms with Gasteiger partial charge in [-0.3, -0.25) is 4.79 Å². The summed E-state index contributed by atoms with van der Waals surface area (Å²) in [4.78, 5) is 12.4. The van der Waals surface area contributed by atoms with Gasteiger partial charge in [0.15, 0.2) is 0 Å². The quantitative estimate of drug-likeness (QED) is 0.705. The Morgan fingerprint density at radius 1 is 0.783 bits per heavy atom. The average Bonchev–Trinajstić information content (AvgIpc) is 2.58. The molecular formula is C21H19NO. The molecule has 0 aromatic heterocycles. The fourth-order valence-corrected chi connectivity index (χ4v) is 2.59. The van der Waals surface area contributed by atoms with Crippen LogP contribution in [0.3, 0.4) is 0 Å². The number of hydrogen-bond acceptors (Lipinski definition) is 1. The number of rotatable bonds is 3. The summed E-state index contributed by atoms with van der Waals surface area (Å²) < 4.78 is 0. The van der Waals surface area contributed by atoms with Crippen molar-refractivity contribution < 1.29 is 4.79 Å². The molecule has 3 aromatic carbocycles. The molecule has 0 saturated heterocycles. The predicted octanol–water partition coefficient (Wildman–Crippen LogP) is 5.22. The fourth-order valence-electron chi connectivity index (χ4n) is 2.59. The SMILES string of the molecule is Cc1ccc(NC(=O)c2ccc(-c3ccccc3)cc2)c(C)c1. The maximum Gasteiger partial charge on any atom is 0.255 e. The van der Waals surface area contributed by atoms with Crippen LogP contribution < -0.4 is 5.32 Å². The summed E-state index contributed by atoms with van der Waals surface area (Å²) in [5.41, 5.74) is 6.02. The Kier molecular flexibility index (Phi) is 4.24. The zero-order chi connectivity index (χ0) is 16.2. The van der Waals surface area contributed by atoms with Crippen molar-refractivity contribution >= 4 is 11.6 Å². The number of amides is 1. The molecule has 3 rings (SSSR count). The molecule has 0 saturated carbocycles. The highest BCUT2D eigenvalue weighted by Crippen LogP contribution is 2.21. The maximum atomic E-state index is 12.4. The minimum atomic E-state index is -0.0865. The molecule has 1 N–H and O–H groups in total. The van der Waals surface area contributed by atoms with Crippen LogP contribution in [-0.2, 0) is 0 Å². The molecule has 0 aliphatic rings. The largest absolute Gasteiger partial charge is 0.322 e. The standard InChI is InChI=1S/C21H19NO/c1-15-8-13-20(16(2)14-15)22-21(23)19-11-9-18(10-12-19)17-6-4-3-5-7-17/h3-14H,1-2H3,(H,22,23). The zero-order valence-corrected chi connectivity index (χ0v) is 13.3. The first-order valence-electron chi connectivity index (χ1n) is 7.67. The molecule has 2 nitrogen and oxygen atoms in total. The lowest BCUT2D eigenvalue weighted by molar-refractivity contribution is 0.102. The van der Waals surface area contributed by atoms with Crippen LogP contribution in [0.2, 0.25) is 0 Å². The molecule has 0 bridgehead atoms. The van der Waals surface area contributed by atoms with E-state index < -0.39 is 0 Å². The Bertz CT molecular complexity index is 820. The third-order valence-corrected chi connectivity index (χ3v) is 3.88. The number of carbonyl (C=O) groups is 1. The van der Waals surface area contributed by atoms with Crippen molar-refractivity contribution in [3.8, 4) is 11.1 Å². The molecule has 0 fully saturated rings. The number of hydrogen-bond donors (Lipinski definition) is 1. The van der Waals surface area contributed by atoms with E-state index in [4.69, 9.17) is 0 Å². The predicted molar refractivity (Wildman–Crippen MR) is 95.7 cm³/mol. The van der Waals surface area contributed by atoms with Gasteiger partial charge in [0, 0.05) is 11.3 Å². The molecule has 0 spiro atoms. The molecule has 114 valence electrons. The van der Waals surface area contributed by atoms with E-state index in [1.54, 1.807) is 0 Å². The minimum Gasteiger partial charge on any atom is -0.322 e. The van der Waals surface area contributed by atoms with Crippen LogP contribution in [0.1, 0.15) is 21.5 Å². The van der Waals surface area contributed by atoms with Crippen LogP contribution in [0, 0.1) is 13.8 Å².